The second-order valence-electron chi connectivity index (χ2n) is 5.45. The normalized spacial score (nSPS) is 19.2. The van der Waals surface area contributed by atoms with Crippen molar-refractivity contribution in [2.24, 2.45) is 13.0 Å². The number of piperidine rings is 1. The molecular weight excluding hydrogens is 222 g/mol. The first-order chi connectivity index (χ1) is 8.77. The van der Waals surface area contributed by atoms with Crippen LogP contribution in [0.2, 0.25) is 0 Å². The number of aromatic nitrogens is 2. The largest absolute Gasteiger partial charge is 0.335 e. The van der Waals surface area contributed by atoms with Gasteiger partial charge in [0.25, 0.3) is 0 Å². The first kappa shape index (κ1) is 11.7. The summed E-state index contributed by atoms with van der Waals surface area (Å²) in [6.07, 6.45) is 6.72. The third-order valence-corrected chi connectivity index (χ3v) is 4.35. The zero-order valence-electron chi connectivity index (χ0n) is 11.2. The number of fused-ring (bicyclic) bond motifs is 1. The average Bonchev–Trinajstić information content (AvgIpc) is 2.77. The lowest BCUT2D eigenvalue weighted by Crippen LogP contribution is -2.30. The van der Waals surface area contributed by atoms with E-state index < -0.39 is 0 Å². The molecule has 96 valence electrons. The van der Waals surface area contributed by atoms with E-state index in [4.69, 9.17) is 0 Å². The molecule has 1 aliphatic rings. The zero-order valence-corrected chi connectivity index (χ0v) is 11.2. The lowest BCUT2D eigenvalue weighted by molar-refractivity contribution is 0.331. The Balaban J connectivity index is 1.98. The zero-order chi connectivity index (χ0) is 12.5. The molecule has 0 saturated carbocycles. The maximum absolute atomic E-state index is 4.48. The van der Waals surface area contributed by atoms with Crippen molar-refractivity contribution in [3.63, 3.8) is 0 Å². The minimum Gasteiger partial charge on any atom is -0.335 e. The molecule has 3 nitrogen and oxygen atoms in total. The van der Waals surface area contributed by atoms with Gasteiger partial charge in [0.2, 0.25) is 0 Å². The lowest BCUT2D eigenvalue weighted by Gasteiger charge is -2.28. The predicted octanol–water partition coefficient (Wildman–Crippen LogP) is 2.68. The van der Waals surface area contributed by atoms with E-state index >= 15 is 0 Å². The van der Waals surface area contributed by atoms with Crippen molar-refractivity contribution >= 4 is 11.0 Å². The molecule has 2 aromatic rings. The van der Waals surface area contributed by atoms with Crippen LogP contribution in [0.25, 0.3) is 11.0 Å². The van der Waals surface area contributed by atoms with Crippen LogP contribution < -0.4 is 5.32 Å². The number of aryl methyl sites for hydroxylation is 1. The molecule has 1 N–H and O–H groups in total. The smallest absolute Gasteiger partial charge is 0.139 e. The number of nitrogens with zero attached hydrogens (tertiary/aromatic N) is 2. The maximum Gasteiger partial charge on any atom is 0.139 e. The number of hydrogen-bond acceptors (Lipinski definition) is 2. The monoisotopic (exact) mass is 243 g/mol. The first-order valence-electron chi connectivity index (χ1n) is 6.88. The highest BCUT2D eigenvalue weighted by Gasteiger charge is 2.23. The van der Waals surface area contributed by atoms with Crippen LogP contribution >= 0.6 is 0 Å². The van der Waals surface area contributed by atoms with E-state index in [-0.39, 0.29) is 0 Å². The molecule has 0 radical (unpaired) electrons. The maximum atomic E-state index is 4.48. The minimum atomic E-state index is 0.625. The Morgan fingerprint density at radius 3 is 2.94 bits per heavy atom. The summed E-state index contributed by atoms with van der Waals surface area (Å²) in [5, 5.41) is 4.77. The van der Waals surface area contributed by atoms with E-state index in [1.807, 2.05) is 12.3 Å². The van der Waals surface area contributed by atoms with Gasteiger partial charge < -0.3 is 9.88 Å². The number of pyridine rings is 1. The Morgan fingerprint density at radius 1 is 1.39 bits per heavy atom. The molecular formula is C15H21N3. The summed E-state index contributed by atoms with van der Waals surface area (Å²) in [4.78, 5) is 4.48. The van der Waals surface area contributed by atoms with Crippen molar-refractivity contribution < 1.29 is 0 Å². The van der Waals surface area contributed by atoms with Crippen LogP contribution in [0, 0.1) is 5.92 Å². The van der Waals surface area contributed by atoms with Gasteiger partial charge in [-0.05, 0) is 55.5 Å². The molecule has 1 fully saturated rings. The van der Waals surface area contributed by atoms with Gasteiger partial charge in [-0.2, -0.15) is 0 Å². The number of hydrogen-bond donors (Lipinski definition) is 1. The minimum absolute atomic E-state index is 0.625. The Labute approximate surface area is 108 Å². The van der Waals surface area contributed by atoms with Gasteiger partial charge in [0, 0.05) is 24.8 Å². The molecule has 1 aliphatic heterocycles. The Hall–Kier alpha value is -1.35. The van der Waals surface area contributed by atoms with Gasteiger partial charge in [-0.25, -0.2) is 4.98 Å². The van der Waals surface area contributed by atoms with Gasteiger partial charge in [-0.3, -0.25) is 0 Å². The summed E-state index contributed by atoms with van der Waals surface area (Å²) >= 11 is 0. The fourth-order valence-corrected chi connectivity index (χ4v) is 3.20. The molecule has 0 aliphatic carbocycles. The van der Waals surface area contributed by atoms with Crippen LogP contribution in [-0.4, -0.2) is 22.6 Å². The number of nitrogens with one attached hydrogen (secondary N) is 1. The van der Waals surface area contributed by atoms with Gasteiger partial charge in [0.1, 0.15) is 5.65 Å². The molecule has 3 heteroatoms. The SMILES string of the molecule is CC(c1cn(C)c2ncccc12)C1CCNCC1. The Kier molecular flexibility index (Phi) is 3.08. The van der Waals surface area contributed by atoms with Crippen LogP contribution in [0.15, 0.2) is 24.5 Å². The second-order valence-corrected chi connectivity index (χ2v) is 5.45. The molecule has 0 spiro atoms. The van der Waals surface area contributed by atoms with Crippen molar-refractivity contribution in [2.75, 3.05) is 13.1 Å². The van der Waals surface area contributed by atoms with Crippen LogP contribution in [0.4, 0.5) is 0 Å². The van der Waals surface area contributed by atoms with Crippen molar-refractivity contribution in [3.8, 4) is 0 Å². The summed E-state index contributed by atoms with van der Waals surface area (Å²) < 4.78 is 2.16. The molecule has 2 aromatic heterocycles. The van der Waals surface area contributed by atoms with Crippen molar-refractivity contribution in [1.29, 1.82) is 0 Å². The van der Waals surface area contributed by atoms with Crippen LogP contribution in [-0.2, 0) is 7.05 Å². The quantitative estimate of drug-likeness (QED) is 0.879. The van der Waals surface area contributed by atoms with E-state index in [2.05, 4.69) is 41.1 Å². The molecule has 18 heavy (non-hydrogen) atoms. The number of rotatable bonds is 2. The topological polar surface area (TPSA) is 29.9 Å². The van der Waals surface area contributed by atoms with Gasteiger partial charge in [-0.1, -0.05) is 6.92 Å². The highest BCUT2D eigenvalue weighted by molar-refractivity contribution is 5.80. The standard InChI is InChI=1S/C15H21N3/c1-11(12-5-8-16-9-6-12)14-10-18(2)15-13(14)4-3-7-17-15/h3-4,7,10-12,16H,5-6,8-9H2,1-2H3. The molecule has 3 rings (SSSR count). The van der Waals surface area contributed by atoms with Gasteiger partial charge >= 0.3 is 0 Å². The Morgan fingerprint density at radius 2 is 2.17 bits per heavy atom. The highest BCUT2D eigenvalue weighted by atomic mass is 15.0. The van der Waals surface area contributed by atoms with E-state index in [1.54, 1.807) is 0 Å². The fraction of sp³-hybridized carbons (Fsp3) is 0.533. The first-order valence-corrected chi connectivity index (χ1v) is 6.88. The molecule has 0 amide bonds. The molecule has 1 saturated heterocycles. The summed E-state index contributed by atoms with van der Waals surface area (Å²) in [6, 6.07) is 4.25. The van der Waals surface area contributed by atoms with Gasteiger partial charge in [-0.15, -0.1) is 0 Å². The van der Waals surface area contributed by atoms with Crippen LogP contribution in [0.3, 0.4) is 0 Å². The van der Waals surface area contributed by atoms with E-state index in [0.717, 1.165) is 24.7 Å². The molecule has 0 bridgehead atoms. The molecule has 1 atom stereocenters. The van der Waals surface area contributed by atoms with E-state index in [0.29, 0.717) is 5.92 Å². The van der Waals surface area contributed by atoms with Crippen molar-refractivity contribution in [1.82, 2.24) is 14.9 Å². The second kappa shape index (κ2) is 4.73. The highest BCUT2D eigenvalue weighted by Crippen LogP contribution is 2.34. The van der Waals surface area contributed by atoms with Gasteiger partial charge in [0.15, 0.2) is 0 Å². The molecule has 0 aromatic carbocycles. The van der Waals surface area contributed by atoms with Crippen LogP contribution in [0.5, 0.6) is 0 Å². The average molecular weight is 243 g/mol. The van der Waals surface area contributed by atoms with Crippen molar-refractivity contribution in [3.05, 3.63) is 30.1 Å². The predicted molar refractivity (Wildman–Crippen MR) is 74.7 cm³/mol. The summed E-state index contributed by atoms with van der Waals surface area (Å²) in [5.74, 6) is 1.43. The van der Waals surface area contributed by atoms with Crippen molar-refractivity contribution in [2.45, 2.75) is 25.7 Å². The third kappa shape index (κ3) is 1.93. The van der Waals surface area contributed by atoms with E-state index in [1.165, 1.54) is 23.8 Å². The Bertz CT molecular complexity index is 538. The lowest BCUT2D eigenvalue weighted by atomic mass is 9.82. The van der Waals surface area contributed by atoms with Crippen LogP contribution in [0.1, 0.15) is 31.2 Å². The van der Waals surface area contributed by atoms with Gasteiger partial charge in [0.05, 0.1) is 0 Å². The summed E-state index contributed by atoms with van der Waals surface area (Å²) in [6.45, 7) is 4.70. The fourth-order valence-electron chi connectivity index (χ4n) is 3.20. The summed E-state index contributed by atoms with van der Waals surface area (Å²) in [5.41, 5.74) is 2.57. The third-order valence-electron chi connectivity index (χ3n) is 4.35. The molecule has 3 heterocycles. The van der Waals surface area contributed by atoms with E-state index in [9.17, 15) is 0 Å². The summed E-state index contributed by atoms with van der Waals surface area (Å²) in [7, 11) is 2.09. The molecule has 1 unspecified atom stereocenters.